The van der Waals surface area contributed by atoms with Crippen molar-refractivity contribution in [3.05, 3.63) is 81.8 Å². The zero-order valence-electron chi connectivity index (χ0n) is 17.0. The molecule has 2 heterocycles. The van der Waals surface area contributed by atoms with Gasteiger partial charge in [0.2, 0.25) is 0 Å². The number of carbonyl (C=O) groups is 4. The summed E-state index contributed by atoms with van der Waals surface area (Å²) in [5.41, 5.74) is 0.171. The molecule has 0 atom stereocenters. The van der Waals surface area contributed by atoms with E-state index in [0.29, 0.717) is 10.4 Å². The first-order valence-corrected chi connectivity index (χ1v) is 10.4. The molecular formula is C23H15FN2O6S. The number of hydrogen-bond acceptors (Lipinski definition) is 7. The highest BCUT2D eigenvalue weighted by Crippen LogP contribution is 2.31. The molecule has 10 heteroatoms. The number of anilines is 1. The number of amides is 4. The molecule has 1 saturated heterocycles. The van der Waals surface area contributed by atoms with Crippen molar-refractivity contribution in [2.24, 2.45) is 0 Å². The third kappa shape index (κ3) is 4.51. The second-order valence-corrected chi connectivity index (χ2v) is 7.66. The van der Waals surface area contributed by atoms with Gasteiger partial charge in [0.15, 0.2) is 11.5 Å². The van der Waals surface area contributed by atoms with Gasteiger partial charge in [0.1, 0.15) is 16.3 Å². The molecule has 0 bridgehead atoms. The molecule has 0 radical (unpaired) electrons. The number of rotatable bonds is 5. The maximum Gasteiger partial charge on any atom is 0.353 e. The van der Waals surface area contributed by atoms with E-state index in [9.17, 15) is 23.6 Å². The van der Waals surface area contributed by atoms with Crippen molar-refractivity contribution in [1.82, 2.24) is 5.32 Å². The van der Waals surface area contributed by atoms with Crippen molar-refractivity contribution in [2.45, 2.75) is 0 Å². The zero-order valence-corrected chi connectivity index (χ0v) is 17.9. The highest BCUT2D eigenvalue weighted by Gasteiger charge is 2.36. The van der Waals surface area contributed by atoms with Crippen LogP contribution in [0, 0.1) is 5.82 Å². The summed E-state index contributed by atoms with van der Waals surface area (Å²) in [6, 6.07) is 11.6. The Hall–Kier alpha value is -4.31. The Morgan fingerprint density at radius 3 is 2.48 bits per heavy atom. The molecule has 0 saturated carbocycles. The van der Waals surface area contributed by atoms with Gasteiger partial charge in [0.05, 0.1) is 12.8 Å². The van der Waals surface area contributed by atoms with Crippen molar-refractivity contribution in [2.75, 3.05) is 12.0 Å². The SMILES string of the molecule is COc1cc(/C=C2/C(=O)NC(=O)N(c3ccc(F)cc3)C2=O)ccc1OC(=O)c1cccs1. The number of halogens is 1. The number of methoxy groups -OCH3 is 1. The highest BCUT2D eigenvalue weighted by atomic mass is 32.1. The van der Waals surface area contributed by atoms with Gasteiger partial charge >= 0.3 is 12.0 Å². The lowest BCUT2D eigenvalue weighted by atomic mass is 10.1. The van der Waals surface area contributed by atoms with Crippen LogP contribution in [0.2, 0.25) is 0 Å². The number of benzene rings is 2. The van der Waals surface area contributed by atoms with E-state index >= 15 is 0 Å². The molecule has 1 aromatic heterocycles. The van der Waals surface area contributed by atoms with Crippen molar-refractivity contribution in [3.63, 3.8) is 0 Å². The molecule has 1 fully saturated rings. The summed E-state index contributed by atoms with van der Waals surface area (Å²) in [4.78, 5) is 50.9. The monoisotopic (exact) mass is 466 g/mol. The summed E-state index contributed by atoms with van der Waals surface area (Å²) >= 11 is 1.23. The quantitative estimate of drug-likeness (QED) is 0.266. The van der Waals surface area contributed by atoms with E-state index < -0.39 is 29.6 Å². The molecular weight excluding hydrogens is 451 g/mol. The number of nitrogens with one attached hydrogen (secondary N) is 1. The van der Waals surface area contributed by atoms with Crippen molar-refractivity contribution >= 4 is 46.9 Å². The van der Waals surface area contributed by atoms with E-state index in [4.69, 9.17) is 9.47 Å². The van der Waals surface area contributed by atoms with Gasteiger partial charge in [0, 0.05) is 0 Å². The number of thiophene rings is 1. The average molecular weight is 466 g/mol. The van der Waals surface area contributed by atoms with Gasteiger partial charge in [-0.15, -0.1) is 11.3 Å². The maximum absolute atomic E-state index is 13.2. The van der Waals surface area contributed by atoms with Crippen LogP contribution in [-0.2, 0) is 9.59 Å². The summed E-state index contributed by atoms with van der Waals surface area (Å²) < 4.78 is 23.9. The van der Waals surface area contributed by atoms with E-state index in [1.165, 1.54) is 54.9 Å². The number of nitrogens with zero attached hydrogens (tertiary/aromatic N) is 1. The molecule has 2 aromatic carbocycles. The Morgan fingerprint density at radius 2 is 1.82 bits per heavy atom. The summed E-state index contributed by atoms with van der Waals surface area (Å²) in [6.07, 6.45) is 1.27. The predicted octanol–water partition coefficient (Wildman–Crippen LogP) is 3.78. The topological polar surface area (TPSA) is 102 Å². The lowest BCUT2D eigenvalue weighted by Gasteiger charge is -2.26. The fraction of sp³-hybridized carbons (Fsp3) is 0.0435. The van der Waals surface area contributed by atoms with E-state index in [-0.39, 0.29) is 22.8 Å². The molecule has 33 heavy (non-hydrogen) atoms. The molecule has 3 aromatic rings. The van der Waals surface area contributed by atoms with Gasteiger partial charge in [-0.3, -0.25) is 14.9 Å². The molecule has 0 unspecified atom stereocenters. The van der Waals surface area contributed by atoms with Gasteiger partial charge in [0.25, 0.3) is 11.8 Å². The van der Waals surface area contributed by atoms with Gasteiger partial charge in [-0.25, -0.2) is 18.9 Å². The zero-order chi connectivity index (χ0) is 23.5. The van der Waals surface area contributed by atoms with Crippen LogP contribution >= 0.6 is 11.3 Å². The normalized spacial score (nSPS) is 14.9. The number of esters is 1. The van der Waals surface area contributed by atoms with Crippen molar-refractivity contribution < 1.29 is 33.0 Å². The van der Waals surface area contributed by atoms with Gasteiger partial charge in [-0.1, -0.05) is 12.1 Å². The molecule has 166 valence electrons. The first-order chi connectivity index (χ1) is 15.9. The van der Waals surface area contributed by atoms with Crippen LogP contribution in [0.25, 0.3) is 6.08 Å². The number of barbiturate groups is 1. The number of hydrogen-bond donors (Lipinski definition) is 1. The standard InChI is InChI=1S/C23H15FN2O6S/c1-31-18-12-13(4-9-17(18)32-22(29)19-3-2-10-33-19)11-16-20(27)25-23(30)26(21(16)28)15-7-5-14(24)6-8-15/h2-12H,1H3,(H,25,27,30)/b16-11-. The summed E-state index contributed by atoms with van der Waals surface area (Å²) in [5.74, 6) is -2.49. The van der Waals surface area contributed by atoms with Crippen LogP contribution in [0.3, 0.4) is 0 Å². The van der Waals surface area contributed by atoms with Gasteiger partial charge in [-0.05, 0) is 59.5 Å². The lowest BCUT2D eigenvalue weighted by Crippen LogP contribution is -2.54. The minimum atomic E-state index is -0.942. The van der Waals surface area contributed by atoms with Crippen molar-refractivity contribution in [3.8, 4) is 11.5 Å². The van der Waals surface area contributed by atoms with Crippen molar-refractivity contribution in [1.29, 1.82) is 0 Å². The molecule has 4 amide bonds. The third-order valence-corrected chi connectivity index (χ3v) is 5.46. The fourth-order valence-electron chi connectivity index (χ4n) is 3.05. The third-order valence-electron chi connectivity index (χ3n) is 4.61. The lowest BCUT2D eigenvalue weighted by molar-refractivity contribution is -0.122. The number of carbonyl (C=O) groups excluding carboxylic acids is 4. The van der Waals surface area contributed by atoms with Crippen LogP contribution in [0.1, 0.15) is 15.2 Å². The van der Waals surface area contributed by atoms with Gasteiger partial charge < -0.3 is 9.47 Å². The first-order valence-electron chi connectivity index (χ1n) is 9.48. The Balaban J connectivity index is 1.63. The van der Waals surface area contributed by atoms with E-state index in [1.807, 2.05) is 0 Å². The summed E-state index contributed by atoms with van der Waals surface area (Å²) in [6.45, 7) is 0. The number of imide groups is 2. The van der Waals surface area contributed by atoms with E-state index in [2.05, 4.69) is 5.32 Å². The first kappa shape index (κ1) is 21.9. The minimum absolute atomic E-state index is 0.103. The Kier molecular flexibility index (Phi) is 6.01. The molecule has 1 aliphatic rings. The highest BCUT2D eigenvalue weighted by molar-refractivity contribution is 7.12. The van der Waals surface area contributed by atoms with Gasteiger partial charge in [-0.2, -0.15) is 0 Å². The number of urea groups is 1. The van der Waals surface area contributed by atoms with Crippen LogP contribution in [-0.4, -0.2) is 30.9 Å². The Bertz CT molecular complexity index is 1280. The molecule has 4 rings (SSSR count). The summed E-state index contributed by atoms with van der Waals surface area (Å²) in [5, 5.41) is 3.84. The van der Waals surface area contributed by atoms with Crippen LogP contribution in [0.5, 0.6) is 11.5 Å². The largest absolute Gasteiger partial charge is 0.493 e. The minimum Gasteiger partial charge on any atom is -0.493 e. The Morgan fingerprint density at radius 1 is 1.06 bits per heavy atom. The van der Waals surface area contributed by atoms with Crippen LogP contribution < -0.4 is 19.7 Å². The van der Waals surface area contributed by atoms with E-state index in [1.54, 1.807) is 17.5 Å². The molecule has 8 nitrogen and oxygen atoms in total. The number of ether oxygens (including phenoxy) is 2. The fourth-order valence-corrected chi connectivity index (χ4v) is 3.65. The van der Waals surface area contributed by atoms with Crippen LogP contribution in [0.4, 0.5) is 14.9 Å². The smallest absolute Gasteiger partial charge is 0.353 e. The average Bonchev–Trinajstić information content (AvgIpc) is 3.34. The summed E-state index contributed by atoms with van der Waals surface area (Å²) in [7, 11) is 1.38. The maximum atomic E-state index is 13.2. The molecule has 0 aliphatic carbocycles. The molecule has 1 N–H and O–H groups in total. The predicted molar refractivity (Wildman–Crippen MR) is 118 cm³/mol. The second kappa shape index (κ2) is 9.05. The second-order valence-electron chi connectivity index (χ2n) is 6.71. The molecule has 1 aliphatic heterocycles. The van der Waals surface area contributed by atoms with Crippen LogP contribution in [0.15, 0.2) is 65.6 Å². The Labute approximate surface area is 190 Å². The van der Waals surface area contributed by atoms with E-state index in [0.717, 1.165) is 17.0 Å². The molecule has 0 spiro atoms.